The van der Waals surface area contributed by atoms with Crippen LogP contribution in [0.5, 0.6) is 0 Å². The largest absolute Gasteiger partial charge is 0.371 e. The number of H-pyrrole nitrogens is 1. The van der Waals surface area contributed by atoms with Crippen molar-refractivity contribution in [2.75, 3.05) is 13.2 Å². The van der Waals surface area contributed by atoms with Crippen LogP contribution in [0.3, 0.4) is 0 Å². The smallest absolute Gasteiger partial charge is 0.328 e. The molecule has 0 spiro atoms. The number of fused-ring (bicyclic) bond motifs is 1. The number of carbonyl (C=O) groups is 1. The lowest BCUT2D eigenvalue weighted by atomic mass is 9.97. The molecule has 2 aromatic rings. The van der Waals surface area contributed by atoms with Crippen molar-refractivity contribution in [1.82, 2.24) is 14.9 Å². The number of aromatic amines is 1. The molecule has 10 heteroatoms. The van der Waals surface area contributed by atoms with E-state index in [1.807, 2.05) is 0 Å². The van der Waals surface area contributed by atoms with Crippen molar-refractivity contribution in [3.05, 3.63) is 68.2 Å². The second-order valence-electron chi connectivity index (χ2n) is 8.57. The van der Waals surface area contributed by atoms with E-state index in [0.29, 0.717) is 5.56 Å². The van der Waals surface area contributed by atoms with E-state index in [4.69, 9.17) is 14.2 Å². The summed E-state index contributed by atoms with van der Waals surface area (Å²) < 4.78 is 32.7. The fraction of sp³-hybridized carbons (Fsp3) is 0.500. The van der Waals surface area contributed by atoms with Crippen molar-refractivity contribution < 1.29 is 23.4 Å². The molecule has 1 aromatic heterocycles. The Kier molecular flexibility index (Phi) is 6.02. The maximum Gasteiger partial charge on any atom is 0.328 e. The van der Waals surface area contributed by atoms with Gasteiger partial charge >= 0.3 is 5.69 Å². The van der Waals surface area contributed by atoms with Gasteiger partial charge in [0.25, 0.3) is 5.56 Å². The third kappa shape index (κ3) is 4.67. The van der Waals surface area contributed by atoms with Crippen LogP contribution in [0.25, 0.3) is 0 Å². The van der Waals surface area contributed by atoms with Gasteiger partial charge in [-0.2, -0.15) is 0 Å². The fourth-order valence-corrected chi connectivity index (χ4v) is 4.22. The van der Waals surface area contributed by atoms with Gasteiger partial charge in [-0.25, -0.2) is 9.18 Å². The van der Waals surface area contributed by atoms with Crippen molar-refractivity contribution in [3.8, 4) is 0 Å². The van der Waals surface area contributed by atoms with Gasteiger partial charge in [0.2, 0.25) is 5.91 Å². The molecule has 1 aromatic carbocycles. The Balaban J connectivity index is 1.45. The summed E-state index contributed by atoms with van der Waals surface area (Å²) in [6, 6.07) is 5.08. The molecule has 9 nitrogen and oxygen atoms in total. The van der Waals surface area contributed by atoms with Crippen molar-refractivity contribution >= 4 is 5.91 Å². The fourth-order valence-electron chi connectivity index (χ4n) is 4.22. The zero-order valence-corrected chi connectivity index (χ0v) is 18.1. The van der Waals surface area contributed by atoms with Crippen LogP contribution >= 0.6 is 0 Å². The zero-order chi connectivity index (χ0) is 23.0. The molecule has 4 rings (SSSR count). The van der Waals surface area contributed by atoms with Crippen molar-refractivity contribution in [3.63, 3.8) is 0 Å². The van der Waals surface area contributed by atoms with E-state index in [1.54, 1.807) is 26.8 Å². The Hall–Kier alpha value is -2.82. The van der Waals surface area contributed by atoms with Crippen LogP contribution in [0.1, 0.15) is 31.0 Å². The summed E-state index contributed by atoms with van der Waals surface area (Å²) in [5, 5.41) is 2.85. The molecule has 172 valence electrons. The molecule has 2 N–H and O–H groups in total. The number of carbonyl (C=O) groups excluding carboxylic acids is 1. The van der Waals surface area contributed by atoms with Gasteiger partial charge in [0.05, 0.1) is 19.1 Å². The van der Waals surface area contributed by atoms with Gasteiger partial charge in [0.15, 0.2) is 5.79 Å². The molecule has 0 bridgehead atoms. The first kappa shape index (κ1) is 22.4. The molecular formula is C22H26FN3O6. The number of hydrogen-bond acceptors (Lipinski definition) is 6. The average molecular weight is 447 g/mol. The minimum Gasteiger partial charge on any atom is -0.371 e. The molecular weight excluding hydrogens is 421 g/mol. The zero-order valence-electron chi connectivity index (χ0n) is 18.1. The van der Waals surface area contributed by atoms with E-state index >= 15 is 0 Å². The highest BCUT2D eigenvalue weighted by atomic mass is 19.1. The summed E-state index contributed by atoms with van der Waals surface area (Å²) in [6.45, 7) is 5.62. The van der Waals surface area contributed by atoms with Crippen LogP contribution in [0.15, 0.2) is 40.1 Å². The SMILES string of the molecule is Cc1cc(F)ccc1CC(=O)NC[C@H]1OC[C@@H](n2ccc(=O)[nH]c2=O)[C@@H]2OC(C)(C)O[C@@H]21. The topological polar surface area (TPSA) is 112 Å². The molecule has 0 radical (unpaired) electrons. The molecule has 2 saturated heterocycles. The van der Waals surface area contributed by atoms with Crippen LogP contribution in [0, 0.1) is 12.7 Å². The number of nitrogens with zero attached hydrogens (tertiary/aromatic N) is 1. The molecule has 1 amide bonds. The lowest BCUT2D eigenvalue weighted by molar-refractivity contribution is -0.153. The summed E-state index contributed by atoms with van der Waals surface area (Å²) in [4.78, 5) is 38.4. The van der Waals surface area contributed by atoms with Crippen LogP contribution in [-0.2, 0) is 25.4 Å². The van der Waals surface area contributed by atoms with E-state index in [2.05, 4.69) is 10.3 Å². The number of amides is 1. The van der Waals surface area contributed by atoms with Gasteiger partial charge in [-0.3, -0.25) is 19.1 Å². The number of rotatable bonds is 5. The first-order chi connectivity index (χ1) is 15.1. The molecule has 2 aliphatic heterocycles. The van der Waals surface area contributed by atoms with Crippen molar-refractivity contribution in [2.24, 2.45) is 0 Å². The molecule has 2 aliphatic rings. The summed E-state index contributed by atoms with van der Waals surface area (Å²) in [5.74, 6) is -1.47. The maximum absolute atomic E-state index is 13.3. The lowest BCUT2D eigenvalue weighted by Gasteiger charge is -2.37. The number of benzene rings is 1. The molecule has 0 aliphatic carbocycles. The predicted octanol–water partition coefficient (Wildman–Crippen LogP) is 0.803. The third-order valence-corrected chi connectivity index (χ3v) is 5.75. The van der Waals surface area contributed by atoms with Crippen molar-refractivity contribution in [1.29, 1.82) is 0 Å². The van der Waals surface area contributed by atoms with Gasteiger partial charge < -0.3 is 19.5 Å². The van der Waals surface area contributed by atoms with Crippen LogP contribution < -0.4 is 16.6 Å². The molecule has 0 unspecified atom stereocenters. The van der Waals surface area contributed by atoms with E-state index in [1.165, 1.54) is 29.0 Å². The summed E-state index contributed by atoms with van der Waals surface area (Å²) >= 11 is 0. The summed E-state index contributed by atoms with van der Waals surface area (Å²) in [5.41, 5.74) is 0.406. The van der Waals surface area contributed by atoms with Gasteiger partial charge in [-0.1, -0.05) is 6.07 Å². The quantitative estimate of drug-likeness (QED) is 0.702. The Morgan fingerprint density at radius 2 is 2.00 bits per heavy atom. The number of ether oxygens (including phenoxy) is 3. The van der Waals surface area contributed by atoms with Gasteiger partial charge in [0, 0.05) is 18.8 Å². The Bertz CT molecular complexity index is 1130. The number of nitrogens with one attached hydrogen (secondary N) is 2. The van der Waals surface area contributed by atoms with Gasteiger partial charge in [-0.15, -0.1) is 0 Å². The number of hydrogen-bond donors (Lipinski definition) is 2. The summed E-state index contributed by atoms with van der Waals surface area (Å²) in [6.07, 6.45) is -0.00651. The average Bonchev–Trinajstić information content (AvgIpc) is 3.04. The number of aromatic nitrogens is 2. The standard InChI is InChI=1S/C22H26FN3O6/c1-12-8-14(23)5-4-13(12)9-18(28)24-10-16-20-19(31-22(2,3)32-20)15(11-30-16)26-7-6-17(27)25-21(26)29/h4-8,15-16,19-20H,9-11H2,1-3H3,(H,24,28)(H,25,27,29)/t15-,16-,19+,20-/m1/s1. The van der Waals surface area contributed by atoms with Gasteiger partial charge in [-0.05, 0) is 44.0 Å². The van der Waals surface area contributed by atoms with Crippen molar-refractivity contribution in [2.45, 2.75) is 57.3 Å². The Labute approximate surface area is 183 Å². The Morgan fingerprint density at radius 3 is 2.72 bits per heavy atom. The molecule has 3 heterocycles. The monoisotopic (exact) mass is 447 g/mol. The molecule has 0 saturated carbocycles. The van der Waals surface area contributed by atoms with Crippen LogP contribution in [-0.4, -0.2) is 52.7 Å². The predicted molar refractivity (Wildman–Crippen MR) is 112 cm³/mol. The molecule has 2 fully saturated rings. The summed E-state index contributed by atoms with van der Waals surface area (Å²) in [7, 11) is 0. The van der Waals surface area contributed by atoms with Gasteiger partial charge in [0.1, 0.15) is 24.1 Å². The van der Waals surface area contributed by atoms with Crippen LogP contribution in [0.2, 0.25) is 0 Å². The highest BCUT2D eigenvalue weighted by Gasteiger charge is 2.52. The van der Waals surface area contributed by atoms with E-state index < -0.39 is 41.4 Å². The van der Waals surface area contributed by atoms with E-state index in [0.717, 1.165) is 5.56 Å². The Morgan fingerprint density at radius 1 is 1.25 bits per heavy atom. The number of aryl methyl sites for hydroxylation is 1. The second kappa shape index (κ2) is 8.61. The first-order valence-corrected chi connectivity index (χ1v) is 10.4. The maximum atomic E-state index is 13.3. The lowest BCUT2D eigenvalue weighted by Crippen LogP contribution is -2.54. The second-order valence-corrected chi connectivity index (χ2v) is 8.57. The number of halogens is 1. The first-order valence-electron chi connectivity index (χ1n) is 10.4. The van der Waals surface area contributed by atoms with E-state index in [9.17, 15) is 18.8 Å². The normalized spacial score (nSPS) is 26.5. The molecule has 32 heavy (non-hydrogen) atoms. The minimum absolute atomic E-state index is 0.116. The highest BCUT2D eigenvalue weighted by molar-refractivity contribution is 5.78. The minimum atomic E-state index is -0.902. The molecule has 4 atom stereocenters. The highest BCUT2D eigenvalue weighted by Crippen LogP contribution is 2.39. The van der Waals surface area contributed by atoms with E-state index in [-0.39, 0.29) is 31.3 Å². The third-order valence-electron chi connectivity index (χ3n) is 5.75. The van der Waals surface area contributed by atoms with Crippen LogP contribution in [0.4, 0.5) is 4.39 Å².